The van der Waals surface area contributed by atoms with E-state index in [1.54, 1.807) is 43.5 Å². The molecule has 0 aromatic heterocycles. The molecule has 0 radical (unpaired) electrons. The zero-order chi connectivity index (χ0) is 16.8. The monoisotopic (exact) mass is 465 g/mol. The van der Waals surface area contributed by atoms with Gasteiger partial charge in [-0.1, -0.05) is 29.3 Å². The molecule has 4 nitrogen and oxygen atoms in total. The Morgan fingerprint density at radius 3 is 2.70 bits per heavy atom. The van der Waals surface area contributed by atoms with Crippen LogP contribution in [0, 0.1) is 3.57 Å². The van der Waals surface area contributed by atoms with Crippen LogP contribution in [-0.2, 0) is 4.74 Å². The standard InChI is InChI=1S/C16H14Cl2INO3/c1-22-7-8-23-15-12(18)3-2-4-14(15)20-16(21)11-6-5-10(17)9-13(11)19/h2-6,9H,7-8H2,1H3,(H,20,21). The summed E-state index contributed by atoms with van der Waals surface area (Å²) < 4.78 is 11.3. The number of halogens is 3. The van der Waals surface area contributed by atoms with Crippen LogP contribution < -0.4 is 10.1 Å². The molecule has 2 aromatic rings. The van der Waals surface area contributed by atoms with E-state index in [0.717, 1.165) is 3.57 Å². The Hall–Kier alpha value is -1.02. The second-order valence-electron chi connectivity index (χ2n) is 4.54. The highest BCUT2D eigenvalue weighted by atomic mass is 127. The van der Waals surface area contributed by atoms with Crippen LogP contribution >= 0.6 is 45.8 Å². The fourth-order valence-corrected chi connectivity index (χ4v) is 3.19. The number of ether oxygens (including phenoxy) is 2. The van der Waals surface area contributed by atoms with Crippen molar-refractivity contribution in [2.45, 2.75) is 0 Å². The molecule has 1 N–H and O–H groups in total. The molecule has 122 valence electrons. The number of rotatable bonds is 6. The molecule has 0 heterocycles. The van der Waals surface area contributed by atoms with Crippen LogP contribution in [0.25, 0.3) is 0 Å². The van der Waals surface area contributed by atoms with Gasteiger partial charge in [0, 0.05) is 15.7 Å². The van der Waals surface area contributed by atoms with Gasteiger partial charge in [-0.15, -0.1) is 0 Å². The highest BCUT2D eigenvalue weighted by Crippen LogP contribution is 2.33. The molecular weight excluding hydrogens is 452 g/mol. The van der Waals surface area contributed by atoms with Crippen LogP contribution in [0.4, 0.5) is 5.69 Å². The van der Waals surface area contributed by atoms with Gasteiger partial charge in [-0.25, -0.2) is 0 Å². The summed E-state index contributed by atoms with van der Waals surface area (Å²) in [4.78, 5) is 12.5. The van der Waals surface area contributed by atoms with Crippen LogP contribution in [0.15, 0.2) is 36.4 Å². The van der Waals surface area contributed by atoms with E-state index >= 15 is 0 Å². The number of hydrogen-bond acceptors (Lipinski definition) is 3. The second-order valence-corrected chi connectivity index (χ2v) is 6.54. The summed E-state index contributed by atoms with van der Waals surface area (Å²) in [6.07, 6.45) is 0. The number of para-hydroxylation sites is 1. The zero-order valence-electron chi connectivity index (χ0n) is 12.2. The molecule has 1 amide bonds. The van der Waals surface area contributed by atoms with Crippen molar-refractivity contribution in [1.82, 2.24) is 0 Å². The third-order valence-corrected chi connectivity index (χ3v) is 4.35. The summed E-state index contributed by atoms with van der Waals surface area (Å²) >= 11 is 14.1. The van der Waals surface area contributed by atoms with Gasteiger partial charge in [0.1, 0.15) is 6.61 Å². The summed E-state index contributed by atoms with van der Waals surface area (Å²) in [7, 11) is 1.58. The predicted molar refractivity (Wildman–Crippen MR) is 101 cm³/mol. The van der Waals surface area contributed by atoms with Crippen molar-refractivity contribution < 1.29 is 14.3 Å². The lowest BCUT2D eigenvalue weighted by Gasteiger charge is -2.14. The van der Waals surface area contributed by atoms with E-state index in [4.69, 9.17) is 32.7 Å². The Kier molecular flexibility index (Phi) is 6.95. The van der Waals surface area contributed by atoms with E-state index in [0.29, 0.717) is 40.3 Å². The van der Waals surface area contributed by atoms with Gasteiger partial charge in [-0.2, -0.15) is 0 Å². The third-order valence-electron chi connectivity index (χ3n) is 2.92. The van der Waals surface area contributed by atoms with Crippen LogP contribution in [0.3, 0.4) is 0 Å². The second kappa shape index (κ2) is 8.73. The number of benzene rings is 2. The number of carbonyl (C=O) groups excluding carboxylic acids is 1. The maximum atomic E-state index is 12.5. The molecule has 7 heteroatoms. The zero-order valence-corrected chi connectivity index (χ0v) is 15.9. The van der Waals surface area contributed by atoms with Gasteiger partial charge in [-0.3, -0.25) is 4.79 Å². The summed E-state index contributed by atoms with van der Waals surface area (Å²) in [6.45, 7) is 0.759. The fourth-order valence-electron chi connectivity index (χ4n) is 1.84. The smallest absolute Gasteiger partial charge is 0.256 e. The number of methoxy groups -OCH3 is 1. The molecule has 23 heavy (non-hydrogen) atoms. The molecule has 0 aliphatic heterocycles. The van der Waals surface area contributed by atoms with E-state index in [2.05, 4.69) is 27.9 Å². The molecule has 0 unspecified atom stereocenters. The number of anilines is 1. The first-order valence-corrected chi connectivity index (χ1v) is 8.53. The molecule has 0 fully saturated rings. The molecule has 0 saturated heterocycles. The van der Waals surface area contributed by atoms with E-state index in [-0.39, 0.29) is 5.91 Å². The minimum atomic E-state index is -0.259. The van der Waals surface area contributed by atoms with Crippen molar-refractivity contribution in [2.75, 3.05) is 25.6 Å². The molecule has 0 aliphatic rings. The lowest BCUT2D eigenvalue weighted by molar-refractivity contribution is 0.102. The van der Waals surface area contributed by atoms with Crippen molar-refractivity contribution in [3.8, 4) is 5.75 Å². The van der Waals surface area contributed by atoms with Gasteiger partial charge < -0.3 is 14.8 Å². The molecule has 0 saturated carbocycles. The van der Waals surface area contributed by atoms with Crippen molar-refractivity contribution in [1.29, 1.82) is 0 Å². The normalized spacial score (nSPS) is 10.4. The number of nitrogens with one attached hydrogen (secondary N) is 1. The predicted octanol–water partition coefficient (Wildman–Crippen LogP) is 4.88. The summed E-state index contributed by atoms with van der Waals surface area (Å²) in [6, 6.07) is 10.3. The largest absolute Gasteiger partial charge is 0.487 e. The van der Waals surface area contributed by atoms with Crippen LogP contribution in [0.5, 0.6) is 5.75 Å². The quantitative estimate of drug-likeness (QED) is 0.488. The topological polar surface area (TPSA) is 47.6 Å². The average Bonchev–Trinajstić information content (AvgIpc) is 2.50. The van der Waals surface area contributed by atoms with Gasteiger partial charge in [0.05, 0.1) is 22.9 Å². The van der Waals surface area contributed by atoms with Crippen molar-refractivity contribution in [2.24, 2.45) is 0 Å². The van der Waals surface area contributed by atoms with Gasteiger partial charge in [-0.05, 0) is 52.9 Å². The minimum absolute atomic E-state index is 0.259. The maximum Gasteiger partial charge on any atom is 0.256 e. The molecule has 2 rings (SSSR count). The lowest BCUT2D eigenvalue weighted by atomic mass is 10.2. The minimum Gasteiger partial charge on any atom is -0.487 e. The van der Waals surface area contributed by atoms with E-state index in [1.165, 1.54) is 0 Å². The first kappa shape index (κ1) is 18.3. The van der Waals surface area contributed by atoms with Crippen molar-refractivity contribution >= 4 is 57.4 Å². The Bertz CT molecular complexity index is 710. The Morgan fingerprint density at radius 2 is 2.00 bits per heavy atom. The highest BCUT2D eigenvalue weighted by molar-refractivity contribution is 14.1. The first-order chi connectivity index (χ1) is 11.0. The first-order valence-electron chi connectivity index (χ1n) is 6.69. The Morgan fingerprint density at radius 1 is 1.22 bits per heavy atom. The van der Waals surface area contributed by atoms with Crippen LogP contribution in [-0.4, -0.2) is 26.2 Å². The maximum absolute atomic E-state index is 12.5. The molecule has 0 aliphatic carbocycles. The molecule has 0 bridgehead atoms. The van der Waals surface area contributed by atoms with Gasteiger partial charge in [0.2, 0.25) is 0 Å². The van der Waals surface area contributed by atoms with Gasteiger partial charge in [0.25, 0.3) is 5.91 Å². The number of carbonyl (C=O) groups is 1. The van der Waals surface area contributed by atoms with E-state index < -0.39 is 0 Å². The van der Waals surface area contributed by atoms with E-state index in [9.17, 15) is 4.79 Å². The molecule has 0 atom stereocenters. The summed E-state index contributed by atoms with van der Waals surface area (Å²) in [5, 5.41) is 3.82. The van der Waals surface area contributed by atoms with Crippen LogP contribution in [0.2, 0.25) is 10.0 Å². The van der Waals surface area contributed by atoms with E-state index in [1.807, 2.05) is 0 Å². The molecule has 2 aromatic carbocycles. The molecule has 0 spiro atoms. The molecular formula is C16H14Cl2INO3. The third kappa shape index (κ3) is 4.97. The van der Waals surface area contributed by atoms with Gasteiger partial charge >= 0.3 is 0 Å². The lowest BCUT2D eigenvalue weighted by Crippen LogP contribution is -2.15. The average molecular weight is 466 g/mol. The Labute approximate surface area is 158 Å². The summed E-state index contributed by atoms with van der Waals surface area (Å²) in [5.74, 6) is 0.161. The fraction of sp³-hybridized carbons (Fsp3) is 0.188. The summed E-state index contributed by atoms with van der Waals surface area (Å²) in [5.41, 5.74) is 1.03. The Balaban J connectivity index is 2.21. The number of hydrogen-bond donors (Lipinski definition) is 1. The highest BCUT2D eigenvalue weighted by Gasteiger charge is 2.15. The number of amides is 1. The SMILES string of the molecule is COCCOc1c(Cl)cccc1NC(=O)c1ccc(Cl)cc1I. The van der Waals surface area contributed by atoms with Crippen molar-refractivity contribution in [3.05, 3.63) is 55.6 Å². The van der Waals surface area contributed by atoms with Crippen LogP contribution in [0.1, 0.15) is 10.4 Å². The van der Waals surface area contributed by atoms with Crippen molar-refractivity contribution in [3.63, 3.8) is 0 Å². The van der Waals surface area contributed by atoms with Gasteiger partial charge in [0.15, 0.2) is 5.75 Å².